The van der Waals surface area contributed by atoms with E-state index in [0.717, 1.165) is 11.9 Å². The predicted molar refractivity (Wildman–Crippen MR) is 81.3 cm³/mol. The van der Waals surface area contributed by atoms with E-state index in [1.54, 1.807) is 24.4 Å². The van der Waals surface area contributed by atoms with Gasteiger partial charge in [-0.2, -0.15) is 0 Å². The van der Waals surface area contributed by atoms with Crippen molar-refractivity contribution in [1.29, 1.82) is 0 Å². The minimum absolute atomic E-state index is 0.0419. The first kappa shape index (κ1) is 16.1. The highest BCUT2D eigenvalue weighted by Gasteiger charge is 2.08. The van der Waals surface area contributed by atoms with Crippen molar-refractivity contribution >= 4 is 15.9 Å². The molecule has 2 heterocycles. The van der Waals surface area contributed by atoms with E-state index in [4.69, 9.17) is 0 Å². The number of hydrogen-bond acceptors (Lipinski definition) is 5. The molecule has 0 spiro atoms. The maximum absolute atomic E-state index is 12.1. The van der Waals surface area contributed by atoms with Crippen LogP contribution >= 0.6 is 0 Å². The van der Waals surface area contributed by atoms with Gasteiger partial charge in [0.25, 0.3) is 5.91 Å². The molecule has 8 heteroatoms. The van der Waals surface area contributed by atoms with Gasteiger partial charge in [-0.25, -0.2) is 13.1 Å². The van der Waals surface area contributed by atoms with Gasteiger partial charge in [-0.1, -0.05) is 6.07 Å². The van der Waals surface area contributed by atoms with Crippen LogP contribution in [-0.4, -0.2) is 30.5 Å². The third-order valence-corrected chi connectivity index (χ3v) is 3.42. The van der Waals surface area contributed by atoms with E-state index in [-0.39, 0.29) is 12.5 Å². The average Bonchev–Trinajstić information content (AvgIpc) is 2.51. The number of nitrogens with zero attached hydrogens (tertiary/aromatic N) is 2. The van der Waals surface area contributed by atoms with Gasteiger partial charge in [0.2, 0.25) is 10.0 Å². The Hall–Kier alpha value is -2.32. The first-order chi connectivity index (χ1) is 10.4. The zero-order valence-corrected chi connectivity index (χ0v) is 12.8. The molecule has 0 atom stereocenters. The number of carbonyl (C=O) groups excluding carboxylic acids is 1. The van der Waals surface area contributed by atoms with E-state index in [9.17, 15) is 13.2 Å². The molecule has 116 valence electrons. The number of nitrogens with one attached hydrogen (secondary N) is 2. The Balaban J connectivity index is 1.98. The molecule has 1 amide bonds. The minimum atomic E-state index is -3.30. The van der Waals surface area contributed by atoms with Gasteiger partial charge in [0.15, 0.2) is 0 Å². The van der Waals surface area contributed by atoms with Crippen LogP contribution in [0.15, 0.2) is 42.7 Å². The molecule has 0 aliphatic carbocycles. The van der Waals surface area contributed by atoms with Crippen LogP contribution in [0, 0.1) is 0 Å². The SMILES string of the molecule is CS(=O)(=O)NCc1cc(C(=O)NCc2ccccn2)ccn1. The van der Waals surface area contributed by atoms with E-state index in [1.807, 2.05) is 12.1 Å². The van der Waals surface area contributed by atoms with Crippen LogP contribution in [0.1, 0.15) is 21.7 Å². The Morgan fingerprint density at radius 1 is 1.09 bits per heavy atom. The lowest BCUT2D eigenvalue weighted by Crippen LogP contribution is -2.24. The molecule has 0 fully saturated rings. The molecule has 0 aliphatic heterocycles. The standard InChI is InChI=1S/C14H16N4O3S/c1-22(20,21)18-10-13-8-11(5-7-16-13)14(19)17-9-12-4-2-3-6-15-12/h2-8,18H,9-10H2,1H3,(H,17,19). The largest absolute Gasteiger partial charge is 0.346 e. The highest BCUT2D eigenvalue weighted by atomic mass is 32.2. The molecule has 0 unspecified atom stereocenters. The predicted octanol–water partition coefficient (Wildman–Crippen LogP) is 0.456. The van der Waals surface area contributed by atoms with Crippen LogP contribution in [0.3, 0.4) is 0 Å². The number of aromatic nitrogens is 2. The number of carbonyl (C=O) groups is 1. The zero-order chi connectivity index (χ0) is 16.0. The van der Waals surface area contributed by atoms with Crippen molar-refractivity contribution in [3.05, 3.63) is 59.7 Å². The summed E-state index contributed by atoms with van der Waals surface area (Å²) in [6.07, 6.45) is 4.19. The molecule has 0 saturated heterocycles. The van der Waals surface area contributed by atoms with Crippen molar-refractivity contribution in [1.82, 2.24) is 20.0 Å². The first-order valence-corrected chi connectivity index (χ1v) is 8.41. The Morgan fingerprint density at radius 2 is 1.86 bits per heavy atom. The first-order valence-electron chi connectivity index (χ1n) is 6.52. The van der Waals surface area contributed by atoms with Gasteiger partial charge in [-0.15, -0.1) is 0 Å². The Kier molecular flexibility index (Phi) is 5.18. The van der Waals surface area contributed by atoms with Crippen molar-refractivity contribution in [3.8, 4) is 0 Å². The molecule has 0 bridgehead atoms. The Morgan fingerprint density at radius 3 is 2.55 bits per heavy atom. The second-order valence-electron chi connectivity index (χ2n) is 4.63. The molecule has 0 radical (unpaired) electrons. The molecule has 0 aromatic carbocycles. The summed E-state index contributed by atoms with van der Waals surface area (Å²) in [5, 5.41) is 2.75. The molecule has 22 heavy (non-hydrogen) atoms. The van der Waals surface area contributed by atoms with Crippen molar-refractivity contribution in [2.45, 2.75) is 13.1 Å². The topological polar surface area (TPSA) is 101 Å². The molecule has 0 aliphatic rings. The van der Waals surface area contributed by atoms with E-state index >= 15 is 0 Å². The third-order valence-electron chi connectivity index (χ3n) is 2.75. The number of pyridine rings is 2. The lowest BCUT2D eigenvalue weighted by Gasteiger charge is -2.06. The third kappa shape index (κ3) is 5.23. The fraction of sp³-hybridized carbons (Fsp3) is 0.214. The molecule has 2 aromatic heterocycles. The van der Waals surface area contributed by atoms with Crippen molar-refractivity contribution in [2.24, 2.45) is 0 Å². The molecular weight excluding hydrogens is 304 g/mol. The van der Waals surface area contributed by atoms with Crippen LogP contribution in [-0.2, 0) is 23.1 Å². The second-order valence-corrected chi connectivity index (χ2v) is 6.47. The summed E-state index contributed by atoms with van der Waals surface area (Å²) in [6.45, 7) is 0.360. The van der Waals surface area contributed by atoms with Crippen LogP contribution in [0.4, 0.5) is 0 Å². The van der Waals surface area contributed by atoms with Crippen molar-refractivity contribution in [3.63, 3.8) is 0 Å². The van der Waals surface area contributed by atoms with Crippen LogP contribution < -0.4 is 10.0 Å². The van der Waals surface area contributed by atoms with Crippen LogP contribution in [0.5, 0.6) is 0 Å². The zero-order valence-electron chi connectivity index (χ0n) is 12.0. The fourth-order valence-electron chi connectivity index (χ4n) is 1.70. The molecule has 2 rings (SSSR count). The fourth-order valence-corrected chi connectivity index (χ4v) is 2.11. The van der Waals surface area contributed by atoms with Gasteiger partial charge >= 0.3 is 0 Å². The van der Waals surface area contributed by atoms with Crippen LogP contribution in [0.25, 0.3) is 0 Å². The number of amides is 1. The maximum atomic E-state index is 12.1. The normalized spacial score (nSPS) is 11.1. The van der Waals surface area contributed by atoms with E-state index < -0.39 is 10.0 Å². The molecule has 2 N–H and O–H groups in total. The summed E-state index contributed by atoms with van der Waals surface area (Å²) in [5.41, 5.74) is 1.64. The lowest BCUT2D eigenvalue weighted by molar-refractivity contribution is 0.0950. The quantitative estimate of drug-likeness (QED) is 0.805. The summed E-state index contributed by atoms with van der Waals surface area (Å²) in [4.78, 5) is 20.2. The smallest absolute Gasteiger partial charge is 0.251 e. The van der Waals surface area contributed by atoms with Gasteiger partial charge in [-0.3, -0.25) is 14.8 Å². The van der Waals surface area contributed by atoms with E-state index in [0.29, 0.717) is 17.8 Å². The summed E-state index contributed by atoms with van der Waals surface area (Å²) in [7, 11) is -3.30. The lowest BCUT2D eigenvalue weighted by atomic mass is 10.2. The van der Waals surface area contributed by atoms with Crippen molar-refractivity contribution < 1.29 is 13.2 Å². The van der Waals surface area contributed by atoms with Gasteiger partial charge in [0.1, 0.15) is 0 Å². The second kappa shape index (κ2) is 7.10. The summed E-state index contributed by atoms with van der Waals surface area (Å²) >= 11 is 0. The molecule has 2 aromatic rings. The monoisotopic (exact) mass is 320 g/mol. The number of sulfonamides is 1. The Bertz CT molecular complexity index is 748. The Labute approximate surface area is 128 Å². The highest BCUT2D eigenvalue weighted by Crippen LogP contribution is 2.03. The number of hydrogen-bond donors (Lipinski definition) is 2. The minimum Gasteiger partial charge on any atom is -0.346 e. The summed E-state index contributed by atoms with van der Waals surface area (Å²) in [5.74, 6) is -0.270. The van der Waals surface area contributed by atoms with Gasteiger partial charge in [0, 0.05) is 18.0 Å². The summed E-state index contributed by atoms with van der Waals surface area (Å²) in [6, 6.07) is 8.57. The maximum Gasteiger partial charge on any atom is 0.251 e. The van der Waals surface area contributed by atoms with Crippen molar-refractivity contribution in [2.75, 3.05) is 6.26 Å². The van der Waals surface area contributed by atoms with Crippen LogP contribution in [0.2, 0.25) is 0 Å². The molecular formula is C14H16N4O3S. The average molecular weight is 320 g/mol. The molecule has 0 saturated carbocycles. The summed E-state index contributed by atoms with van der Waals surface area (Å²) < 4.78 is 24.4. The van der Waals surface area contributed by atoms with E-state index in [1.165, 1.54) is 6.20 Å². The highest BCUT2D eigenvalue weighted by molar-refractivity contribution is 7.88. The van der Waals surface area contributed by atoms with E-state index in [2.05, 4.69) is 20.0 Å². The van der Waals surface area contributed by atoms with Gasteiger partial charge in [0.05, 0.1) is 30.7 Å². The van der Waals surface area contributed by atoms with Gasteiger partial charge < -0.3 is 5.32 Å². The van der Waals surface area contributed by atoms with Gasteiger partial charge in [-0.05, 0) is 24.3 Å². The molecule has 7 nitrogen and oxygen atoms in total. The number of rotatable bonds is 6.